The number of amides is 2. The van der Waals surface area contributed by atoms with E-state index in [0.717, 1.165) is 22.8 Å². The van der Waals surface area contributed by atoms with Crippen LogP contribution in [0.4, 0.5) is 10.8 Å². The predicted octanol–water partition coefficient (Wildman–Crippen LogP) is 4.22. The fourth-order valence-corrected chi connectivity index (χ4v) is 6.93. The Kier molecular flexibility index (Phi) is 4.23. The molecule has 4 fully saturated rings. The average molecular weight is 397 g/mol. The molecule has 6 rings (SSSR count). The largest absolute Gasteiger partial charge is 0.326 e. The normalized spacial score (nSPS) is 30.2. The second-order valence-electron chi connectivity index (χ2n) is 8.83. The van der Waals surface area contributed by atoms with Gasteiger partial charge in [-0.15, -0.1) is 10.2 Å². The van der Waals surface area contributed by atoms with E-state index >= 15 is 0 Å². The second-order valence-corrected chi connectivity index (χ2v) is 9.80. The summed E-state index contributed by atoms with van der Waals surface area (Å²) < 4.78 is 0. The number of hydrogen-bond donors (Lipinski definition) is 2. The molecule has 1 aromatic heterocycles. The molecule has 28 heavy (non-hydrogen) atoms. The van der Waals surface area contributed by atoms with Crippen molar-refractivity contribution < 1.29 is 9.59 Å². The van der Waals surface area contributed by atoms with Crippen LogP contribution in [-0.2, 0) is 10.2 Å². The van der Waals surface area contributed by atoms with Crippen LogP contribution in [0.5, 0.6) is 0 Å². The van der Waals surface area contributed by atoms with E-state index in [1.54, 1.807) is 24.3 Å². The van der Waals surface area contributed by atoms with E-state index in [4.69, 9.17) is 0 Å². The van der Waals surface area contributed by atoms with Gasteiger partial charge in [-0.25, -0.2) is 0 Å². The van der Waals surface area contributed by atoms with Crippen molar-refractivity contribution in [3.05, 3.63) is 34.8 Å². The summed E-state index contributed by atoms with van der Waals surface area (Å²) in [6.45, 7) is 1.44. The first kappa shape index (κ1) is 17.8. The van der Waals surface area contributed by atoms with Gasteiger partial charge in [-0.05, 0) is 74.5 Å². The van der Waals surface area contributed by atoms with Crippen molar-refractivity contribution in [1.82, 2.24) is 10.2 Å². The number of benzene rings is 1. The van der Waals surface area contributed by atoms with Gasteiger partial charge in [-0.2, -0.15) is 0 Å². The Bertz CT molecular complexity index is 903. The second kappa shape index (κ2) is 6.65. The first-order valence-electron chi connectivity index (χ1n) is 10.0. The highest BCUT2D eigenvalue weighted by molar-refractivity contribution is 7.15. The minimum atomic E-state index is -0.236. The fraction of sp³-hybridized carbons (Fsp3) is 0.524. The highest BCUT2D eigenvalue weighted by Crippen LogP contribution is 2.61. The lowest BCUT2D eigenvalue weighted by Gasteiger charge is -2.55. The van der Waals surface area contributed by atoms with Gasteiger partial charge in [0.2, 0.25) is 11.0 Å². The van der Waals surface area contributed by atoms with Gasteiger partial charge in [0.05, 0.1) is 0 Å². The molecule has 0 atom stereocenters. The molecule has 2 amide bonds. The Morgan fingerprint density at radius 3 is 2.36 bits per heavy atom. The highest BCUT2D eigenvalue weighted by atomic mass is 32.1. The summed E-state index contributed by atoms with van der Waals surface area (Å²) in [5.74, 6) is 2.15. The molecular formula is C21H24N4O2S. The molecule has 0 saturated heterocycles. The van der Waals surface area contributed by atoms with E-state index in [-0.39, 0.29) is 17.2 Å². The van der Waals surface area contributed by atoms with Crippen molar-refractivity contribution in [2.24, 2.45) is 17.8 Å². The molecule has 4 bridgehead atoms. The SMILES string of the molecule is CC(=O)Nc1cccc(C(=O)Nc2nnc(C34CC5CC(CC(C5)C3)C4)s2)c1. The molecule has 4 saturated carbocycles. The van der Waals surface area contributed by atoms with Crippen LogP contribution in [0.25, 0.3) is 0 Å². The van der Waals surface area contributed by atoms with Crippen LogP contribution in [0.1, 0.15) is 60.8 Å². The van der Waals surface area contributed by atoms with Crippen molar-refractivity contribution in [3.63, 3.8) is 0 Å². The van der Waals surface area contributed by atoms with E-state index < -0.39 is 0 Å². The molecule has 4 aliphatic carbocycles. The van der Waals surface area contributed by atoms with Crippen LogP contribution in [0, 0.1) is 17.8 Å². The lowest BCUT2D eigenvalue weighted by molar-refractivity contribution is -0.114. The van der Waals surface area contributed by atoms with Crippen molar-refractivity contribution in [2.45, 2.75) is 50.9 Å². The van der Waals surface area contributed by atoms with E-state index in [9.17, 15) is 9.59 Å². The van der Waals surface area contributed by atoms with Crippen LogP contribution in [0.15, 0.2) is 24.3 Å². The summed E-state index contributed by atoms with van der Waals surface area (Å²) in [4.78, 5) is 23.8. The Labute approximate surface area is 168 Å². The van der Waals surface area contributed by atoms with Gasteiger partial charge >= 0.3 is 0 Å². The van der Waals surface area contributed by atoms with Gasteiger partial charge in [0.25, 0.3) is 5.91 Å². The van der Waals surface area contributed by atoms with Crippen molar-refractivity contribution in [1.29, 1.82) is 0 Å². The third-order valence-corrected chi connectivity index (χ3v) is 7.67. The number of anilines is 2. The molecule has 6 nitrogen and oxygen atoms in total. The quantitative estimate of drug-likeness (QED) is 0.811. The zero-order chi connectivity index (χ0) is 19.3. The molecule has 2 aromatic rings. The maximum absolute atomic E-state index is 12.6. The smallest absolute Gasteiger partial charge is 0.257 e. The average Bonchev–Trinajstić information content (AvgIpc) is 3.09. The van der Waals surface area contributed by atoms with E-state index in [1.807, 2.05) is 0 Å². The van der Waals surface area contributed by atoms with E-state index in [1.165, 1.54) is 56.8 Å². The van der Waals surface area contributed by atoms with Gasteiger partial charge in [0.15, 0.2) is 0 Å². The van der Waals surface area contributed by atoms with Gasteiger partial charge in [-0.1, -0.05) is 17.4 Å². The zero-order valence-corrected chi connectivity index (χ0v) is 16.7. The van der Waals surface area contributed by atoms with E-state index in [2.05, 4.69) is 20.8 Å². The molecule has 2 N–H and O–H groups in total. The summed E-state index contributed by atoms with van der Waals surface area (Å²) in [5, 5.41) is 16.0. The molecule has 1 aromatic carbocycles. The Balaban J connectivity index is 1.32. The van der Waals surface area contributed by atoms with Crippen molar-refractivity contribution in [2.75, 3.05) is 10.6 Å². The lowest BCUT2D eigenvalue weighted by Crippen LogP contribution is -2.48. The molecule has 1 heterocycles. The number of carbonyl (C=O) groups is 2. The van der Waals surface area contributed by atoms with Gasteiger partial charge < -0.3 is 5.32 Å². The third kappa shape index (κ3) is 3.21. The molecule has 4 aliphatic rings. The van der Waals surface area contributed by atoms with Crippen LogP contribution in [-0.4, -0.2) is 22.0 Å². The van der Waals surface area contributed by atoms with Gasteiger partial charge in [0, 0.05) is 23.6 Å². The molecule has 0 radical (unpaired) electrons. The monoisotopic (exact) mass is 396 g/mol. The Morgan fingerprint density at radius 2 is 1.71 bits per heavy atom. The zero-order valence-electron chi connectivity index (χ0n) is 15.9. The topological polar surface area (TPSA) is 84.0 Å². The molecule has 0 aliphatic heterocycles. The highest BCUT2D eigenvalue weighted by Gasteiger charge is 2.53. The van der Waals surface area contributed by atoms with Crippen molar-refractivity contribution >= 4 is 34.0 Å². The number of nitrogens with one attached hydrogen (secondary N) is 2. The fourth-order valence-electron chi connectivity index (χ4n) is 5.97. The molecule has 7 heteroatoms. The maximum atomic E-state index is 12.6. The van der Waals surface area contributed by atoms with Gasteiger partial charge in [-0.3, -0.25) is 14.9 Å². The number of hydrogen-bond acceptors (Lipinski definition) is 5. The minimum absolute atomic E-state index is 0.165. The molecular weight excluding hydrogens is 372 g/mol. The molecule has 146 valence electrons. The van der Waals surface area contributed by atoms with Crippen molar-refractivity contribution in [3.8, 4) is 0 Å². The number of nitrogens with zero attached hydrogens (tertiary/aromatic N) is 2. The first-order valence-corrected chi connectivity index (χ1v) is 10.8. The van der Waals surface area contributed by atoms with Gasteiger partial charge in [0.1, 0.15) is 5.01 Å². The van der Waals surface area contributed by atoms with E-state index in [0.29, 0.717) is 16.4 Å². The van der Waals surface area contributed by atoms with Crippen LogP contribution < -0.4 is 10.6 Å². The summed E-state index contributed by atoms with van der Waals surface area (Å²) in [6.07, 6.45) is 7.89. The molecule has 0 spiro atoms. The number of aromatic nitrogens is 2. The summed E-state index contributed by atoms with van der Waals surface area (Å²) >= 11 is 1.54. The van der Waals surface area contributed by atoms with Crippen LogP contribution >= 0.6 is 11.3 Å². The maximum Gasteiger partial charge on any atom is 0.257 e. The van der Waals surface area contributed by atoms with Crippen LogP contribution in [0.2, 0.25) is 0 Å². The number of carbonyl (C=O) groups excluding carboxylic acids is 2. The van der Waals surface area contributed by atoms with Crippen LogP contribution in [0.3, 0.4) is 0 Å². The Morgan fingerprint density at radius 1 is 1.04 bits per heavy atom. The Hall–Kier alpha value is -2.28. The standard InChI is InChI=1S/C21H24N4O2S/c1-12(26)22-17-4-2-3-16(8-17)18(27)23-20-25-24-19(28-20)21-9-13-5-14(10-21)7-15(6-13)11-21/h2-4,8,13-15H,5-7,9-11H2,1H3,(H,22,26)(H,23,25,27). The lowest BCUT2D eigenvalue weighted by atomic mass is 9.50. The summed E-state index contributed by atoms with van der Waals surface area (Å²) in [6, 6.07) is 6.90. The number of rotatable bonds is 4. The first-order chi connectivity index (χ1) is 13.5. The predicted molar refractivity (Wildman–Crippen MR) is 108 cm³/mol. The molecule has 0 unspecified atom stereocenters. The summed E-state index contributed by atoms with van der Waals surface area (Å²) in [7, 11) is 0. The minimum Gasteiger partial charge on any atom is -0.326 e. The third-order valence-electron chi connectivity index (χ3n) is 6.58. The summed E-state index contributed by atoms with van der Waals surface area (Å²) in [5.41, 5.74) is 1.28.